The van der Waals surface area contributed by atoms with Crippen molar-refractivity contribution in [1.29, 1.82) is 0 Å². The maximum Gasteiger partial charge on any atom is 0.228 e. The number of carbonyl (C=O) groups is 1. The molecular weight excluding hydrogens is 361 g/mol. The van der Waals surface area contributed by atoms with Crippen molar-refractivity contribution in [2.75, 3.05) is 17.7 Å². The summed E-state index contributed by atoms with van der Waals surface area (Å²) in [4.78, 5) is 25.2. The second-order valence-corrected chi connectivity index (χ2v) is 6.71. The largest absolute Gasteiger partial charge is 0.373 e. The molecule has 0 saturated heterocycles. The maximum absolute atomic E-state index is 14.0. The quantitative estimate of drug-likeness (QED) is 0.568. The Hall–Kier alpha value is -3.62. The first kappa shape index (κ1) is 16.5. The number of hydrogen-bond acceptors (Lipinski definition) is 6. The maximum atomic E-state index is 14.0. The van der Waals surface area contributed by atoms with Crippen molar-refractivity contribution in [3.05, 3.63) is 42.6 Å². The first-order valence-corrected chi connectivity index (χ1v) is 8.92. The van der Waals surface area contributed by atoms with E-state index in [1.807, 2.05) is 0 Å². The minimum absolute atomic E-state index is 0.0239. The number of pyridine rings is 3. The average Bonchev–Trinajstić information content (AvgIpc) is 3.46. The second-order valence-electron chi connectivity index (χ2n) is 6.71. The van der Waals surface area contributed by atoms with Gasteiger partial charge in [-0.3, -0.25) is 4.79 Å². The van der Waals surface area contributed by atoms with E-state index >= 15 is 0 Å². The van der Waals surface area contributed by atoms with Crippen LogP contribution in [0.3, 0.4) is 0 Å². The molecule has 0 aliphatic heterocycles. The fourth-order valence-electron chi connectivity index (χ4n) is 3.14. The van der Waals surface area contributed by atoms with E-state index in [-0.39, 0.29) is 17.5 Å². The van der Waals surface area contributed by atoms with E-state index in [1.165, 1.54) is 10.6 Å². The molecule has 1 fully saturated rings. The summed E-state index contributed by atoms with van der Waals surface area (Å²) in [5, 5.41) is 11.8. The van der Waals surface area contributed by atoms with Crippen LogP contribution >= 0.6 is 0 Å². The Morgan fingerprint density at radius 1 is 1.25 bits per heavy atom. The van der Waals surface area contributed by atoms with Crippen LogP contribution in [-0.2, 0) is 4.79 Å². The van der Waals surface area contributed by atoms with Crippen LogP contribution in [0.15, 0.2) is 36.8 Å². The fraction of sp³-hybridized carbons (Fsp3) is 0.211. The molecule has 1 aliphatic carbocycles. The van der Waals surface area contributed by atoms with Gasteiger partial charge in [0.2, 0.25) is 5.91 Å². The molecule has 9 heteroatoms. The van der Waals surface area contributed by atoms with E-state index in [0.717, 1.165) is 23.6 Å². The smallest absolute Gasteiger partial charge is 0.228 e. The van der Waals surface area contributed by atoms with Gasteiger partial charge in [0.1, 0.15) is 11.6 Å². The Morgan fingerprint density at radius 2 is 2.11 bits per heavy atom. The lowest BCUT2D eigenvalue weighted by atomic mass is 10.1. The Bertz CT molecular complexity index is 1230. The zero-order valence-electron chi connectivity index (χ0n) is 15.0. The number of rotatable bonds is 4. The van der Waals surface area contributed by atoms with Gasteiger partial charge in [-0.15, -0.1) is 5.10 Å². The highest BCUT2D eigenvalue weighted by molar-refractivity contribution is 6.03. The van der Waals surface area contributed by atoms with Gasteiger partial charge in [0.05, 0.1) is 0 Å². The second kappa shape index (κ2) is 6.22. The molecule has 1 amide bonds. The van der Waals surface area contributed by atoms with Gasteiger partial charge in [-0.05, 0) is 31.0 Å². The Kier molecular flexibility index (Phi) is 3.68. The molecule has 1 aliphatic rings. The van der Waals surface area contributed by atoms with Gasteiger partial charge in [0, 0.05) is 47.9 Å². The van der Waals surface area contributed by atoms with Crippen LogP contribution in [0.25, 0.3) is 27.8 Å². The molecule has 0 aromatic carbocycles. The average molecular weight is 377 g/mol. The Labute approximate surface area is 158 Å². The lowest BCUT2D eigenvalue weighted by Gasteiger charge is -2.10. The van der Waals surface area contributed by atoms with Crippen molar-refractivity contribution in [3.8, 4) is 11.4 Å². The molecule has 5 rings (SSSR count). The normalized spacial score (nSPS) is 13.8. The summed E-state index contributed by atoms with van der Waals surface area (Å²) in [5.41, 5.74) is 0.765. The lowest BCUT2D eigenvalue weighted by Crippen LogP contribution is -2.14. The summed E-state index contributed by atoms with van der Waals surface area (Å²) in [7, 11) is 1.77. The molecule has 8 nitrogen and oxygen atoms in total. The van der Waals surface area contributed by atoms with E-state index in [9.17, 15) is 9.18 Å². The van der Waals surface area contributed by atoms with E-state index in [4.69, 9.17) is 0 Å². The summed E-state index contributed by atoms with van der Waals surface area (Å²) in [6.07, 6.45) is 6.74. The zero-order chi connectivity index (χ0) is 19.3. The molecular formula is C19H16FN7O. The van der Waals surface area contributed by atoms with Gasteiger partial charge in [-0.25, -0.2) is 23.9 Å². The number of anilines is 2. The highest BCUT2D eigenvalue weighted by Gasteiger charge is 2.30. The number of halogens is 1. The molecule has 4 aromatic rings. The molecule has 0 atom stereocenters. The molecule has 140 valence electrons. The van der Waals surface area contributed by atoms with Crippen LogP contribution in [0, 0.1) is 11.7 Å². The third-order valence-corrected chi connectivity index (χ3v) is 4.76. The van der Waals surface area contributed by atoms with Crippen molar-refractivity contribution in [2.45, 2.75) is 12.8 Å². The fourth-order valence-corrected chi connectivity index (χ4v) is 3.14. The number of hydrogen-bond donors (Lipinski definition) is 2. The van der Waals surface area contributed by atoms with Crippen LogP contribution in [0.5, 0.6) is 0 Å². The number of amides is 1. The Balaban J connectivity index is 1.67. The minimum atomic E-state index is -0.454. The van der Waals surface area contributed by atoms with Crippen LogP contribution in [0.1, 0.15) is 12.8 Å². The molecule has 1 saturated carbocycles. The molecule has 2 N–H and O–H groups in total. The van der Waals surface area contributed by atoms with Gasteiger partial charge >= 0.3 is 0 Å². The standard InChI is InChI=1S/C19H16FN7O/c1-21-16-12-8-22-15(24-19(28)10-4-5-10)7-11(12)13(9-23-16)17-25-18-14(20)3-2-6-27(18)26-17/h2-3,6-10H,4-5H2,1H3,(H,21,23)(H,22,24,28). The van der Waals surface area contributed by atoms with Crippen LogP contribution in [0.4, 0.5) is 16.0 Å². The van der Waals surface area contributed by atoms with Crippen LogP contribution < -0.4 is 10.6 Å². The zero-order valence-corrected chi connectivity index (χ0v) is 15.0. The summed E-state index contributed by atoms with van der Waals surface area (Å²) in [6, 6.07) is 4.68. The van der Waals surface area contributed by atoms with Gasteiger partial charge in [-0.2, -0.15) is 0 Å². The van der Waals surface area contributed by atoms with Gasteiger partial charge < -0.3 is 10.6 Å². The third kappa shape index (κ3) is 2.72. The first-order valence-electron chi connectivity index (χ1n) is 8.92. The van der Waals surface area contributed by atoms with Gasteiger partial charge in [0.25, 0.3) is 0 Å². The number of carbonyl (C=O) groups excluding carboxylic acids is 1. The van der Waals surface area contributed by atoms with Crippen molar-refractivity contribution >= 4 is 34.0 Å². The highest BCUT2D eigenvalue weighted by Crippen LogP contribution is 2.33. The number of aromatic nitrogens is 5. The third-order valence-electron chi connectivity index (χ3n) is 4.76. The van der Waals surface area contributed by atoms with E-state index in [2.05, 4.69) is 30.7 Å². The molecule has 4 aromatic heterocycles. The topological polar surface area (TPSA) is 97.1 Å². The molecule has 28 heavy (non-hydrogen) atoms. The van der Waals surface area contributed by atoms with Gasteiger partial charge in [0.15, 0.2) is 17.3 Å². The van der Waals surface area contributed by atoms with E-state index in [1.54, 1.807) is 37.8 Å². The number of nitrogens with one attached hydrogen (secondary N) is 2. The van der Waals surface area contributed by atoms with Crippen LogP contribution in [-0.4, -0.2) is 37.5 Å². The minimum Gasteiger partial charge on any atom is -0.373 e. The van der Waals surface area contributed by atoms with Crippen molar-refractivity contribution < 1.29 is 9.18 Å². The van der Waals surface area contributed by atoms with Gasteiger partial charge in [-0.1, -0.05) is 0 Å². The summed E-state index contributed by atoms with van der Waals surface area (Å²) in [5.74, 6) is 1.03. The van der Waals surface area contributed by atoms with Crippen molar-refractivity contribution in [1.82, 2.24) is 24.6 Å². The van der Waals surface area contributed by atoms with E-state index in [0.29, 0.717) is 23.0 Å². The van der Waals surface area contributed by atoms with Crippen molar-refractivity contribution in [3.63, 3.8) is 0 Å². The molecule has 4 heterocycles. The predicted octanol–water partition coefficient (Wildman–Crippen LogP) is 2.87. The monoisotopic (exact) mass is 377 g/mol. The van der Waals surface area contributed by atoms with Crippen molar-refractivity contribution in [2.24, 2.45) is 5.92 Å². The number of nitrogens with zero attached hydrogens (tertiary/aromatic N) is 5. The highest BCUT2D eigenvalue weighted by atomic mass is 19.1. The molecule has 0 bridgehead atoms. The molecule has 0 spiro atoms. The SMILES string of the molecule is CNc1ncc(-c2nc3c(F)cccn3n2)c2cc(NC(=O)C3CC3)ncc12. The number of fused-ring (bicyclic) bond motifs is 2. The Morgan fingerprint density at radius 3 is 2.86 bits per heavy atom. The van der Waals surface area contributed by atoms with Crippen LogP contribution in [0.2, 0.25) is 0 Å². The summed E-state index contributed by atoms with van der Waals surface area (Å²) >= 11 is 0. The predicted molar refractivity (Wildman–Crippen MR) is 102 cm³/mol. The summed E-state index contributed by atoms with van der Waals surface area (Å²) in [6.45, 7) is 0. The molecule has 0 unspecified atom stereocenters. The van der Waals surface area contributed by atoms with E-state index < -0.39 is 5.82 Å². The first-order chi connectivity index (χ1) is 13.6. The molecule has 0 radical (unpaired) electrons. The summed E-state index contributed by atoms with van der Waals surface area (Å²) < 4.78 is 15.4. The lowest BCUT2D eigenvalue weighted by molar-refractivity contribution is -0.117.